The highest BCUT2D eigenvalue weighted by Gasteiger charge is 2.29. The van der Waals surface area contributed by atoms with E-state index in [0.717, 1.165) is 12.8 Å². The first kappa shape index (κ1) is 12.5. The second-order valence-electron chi connectivity index (χ2n) is 4.63. The molecule has 1 aliphatic carbocycles. The Morgan fingerprint density at radius 1 is 1.56 bits per heavy atom. The van der Waals surface area contributed by atoms with Crippen LogP contribution in [-0.2, 0) is 4.79 Å². The summed E-state index contributed by atoms with van der Waals surface area (Å²) in [5.74, 6) is -0.370. The lowest BCUT2D eigenvalue weighted by atomic mass is 10.3. The molecule has 1 aliphatic rings. The maximum atomic E-state index is 12.2. The molecule has 1 fully saturated rings. The molecule has 6 heteroatoms. The number of amides is 2. The minimum Gasteiger partial charge on any atom is -0.397 e. The van der Waals surface area contributed by atoms with E-state index < -0.39 is 0 Å². The summed E-state index contributed by atoms with van der Waals surface area (Å²) in [6.07, 6.45) is 3.94. The highest BCUT2D eigenvalue weighted by Crippen LogP contribution is 2.37. The van der Waals surface area contributed by atoms with Crippen molar-refractivity contribution < 1.29 is 9.59 Å². The molecule has 0 aliphatic heterocycles. The maximum absolute atomic E-state index is 12.2. The molecule has 0 spiro atoms. The zero-order chi connectivity index (χ0) is 13.3. The Kier molecular flexibility index (Phi) is 3.27. The molecular weight excluding hydrogens is 232 g/mol. The van der Waals surface area contributed by atoms with E-state index in [2.05, 4.69) is 5.32 Å². The molecule has 0 radical (unpaired) electrons. The number of nitrogen functional groups attached to an aromatic ring is 1. The first-order valence-electron chi connectivity index (χ1n) is 5.96. The monoisotopic (exact) mass is 250 g/mol. The number of anilines is 1. The fraction of sp³-hybridized carbons (Fsp3) is 0.500. The second-order valence-corrected chi connectivity index (χ2v) is 4.63. The van der Waals surface area contributed by atoms with Crippen LogP contribution >= 0.6 is 0 Å². The largest absolute Gasteiger partial charge is 0.397 e. The summed E-state index contributed by atoms with van der Waals surface area (Å²) >= 11 is 0. The van der Waals surface area contributed by atoms with E-state index in [-0.39, 0.29) is 18.4 Å². The molecule has 3 N–H and O–H groups in total. The molecule has 0 bridgehead atoms. The van der Waals surface area contributed by atoms with Crippen LogP contribution in [0.25, 0.3) is 0 Å². The zero-order valence-electron chi connectivity index (χ0n) is 10.6. The molecule has 0 unspecified atom stereocenters. The normalized spacial score (nSPS) is 14.3. The minimum atomic E-state index is -0.191. The van der Waals surface area contributed by atoms with Crippen LogP contribution < -0.4 is 11.1 Å². The summed E-state index contributed by atoms with van der Waals surface area (Å²) in [6, 6.07) is 2.05. The van der Waals surface area contributed by atoms with Crippen molar-refractivity contribution in [3.63, 3.8) is 0 Å². The summed E-state index contributed by atoms with van der Waals surface area (Å²) < 4.78 is 1.91. The summed E-state index contributed by atoms with van der Waals surface area (Å²) in [6.45, 7) is 0.0467. The number of carbonyl (C=O) groups is 2. The Bertz CT molecular complexity index is 476. The topological polar surface area (TPSA) is 80.4 Å². The Morgan fingerprint density at radius 2 is 2.22 bits per heavy atom. The lowest BCUT2D eigenvalue weighted by Crippen LogP contribution is -2.37. The number of likely N-dealkylation sites (N-methyl/N-ethyl adjacent to an activating group) is 2. The Hall–Kier alpha value is -1.98. The maximum Gasteiger partial charge on any atom is 0.270 e. The second kappa shape index (κ2) is 4.72. The van der Waals surface area contributed by atoms with Crippen molar-refractivity contribution in [2.45, 2.75) is 18.9 Å². The SMILES string of the molecule is CNC(=O)CN(C)C(=O)c1cc(N)cn1C1CC1. The molecule has 1 heterocycles. The number of hydrogen-bond acceptors (Lipinski definition) is 3. The summed E-state index contributed by atoms with van der Waals surface area (Å²) in [5, 5.41) is 2.49. The van der Waals surface area contributed by atoms with Crippen LogP contribution in [0.3, 0.4) is 0 Å². The van der Waals surface area contributed by atoms with Gasteiger partial charge in [-0.3, -0.25) is 9.59 Å². The predicted molar refractivity (Wildman–Crippen MR) is 68.1 cm³/mol. The molecule has 1 saturated carbocycles. The number of nitrogens with zero attached hydrogens (tertiary/aromatic N) is 2. The van der Waals surface area contributed by atoms with Gasteiger partial charge in [-0.05, 0) is 18.9 Å². The van der Waals surface area contributed by atoms with Gasteiger partial charge in [-0.2, -0.15) is 0 Å². The van der Waals surface area contributed by atoms with Gasteiger partial charge in [0.25, 0.3) is 5.91 Å². The van der Waals surface area contributed by atoms with E-state index >= 15 is 0 Å². The Labute approximate surface area is 106 Å². The molecule has 98 valence electrons. The van der Waals surface area contributed by atoms with E-state index in [9.17, 15) is 9.59 Å². The fourth-order valence-electron chi connectivity index (χ4n) is 1.89. The third-order valence-electron chi connectivity index (χ3n) is 3.04. The van der Waals surface area contributed by atoms with Crippen LogP contribution in [0.5, 0.6) is 0 Å². The summed E-state index contributed by atoms with van der Waals surface area (Å²) in [4.78, 5) is 24.9. The third kappa shape index (κ3) is 2.47. The van der Waals surface area contributed by atoms with Gasteiger partial charge in [0.1, 0.15) is 5.69 Å². The van der Waals surface area contributed by atoms with Gasteiger partial charge in [-0.25, -0.2) is 0 Å². The first-order valence-corrected chi connectivity index (χ1v) is 5.96. The van der Waals surface area contributed by atoms with Crippen LogP contribution in [0.15, 0.2) is 12.3 Å². The van der Waals surface area contributed by atoms with Crippen molar-refractivity contribution in [2.24, 2.45) is 0 Å². The van der Waals surface area contributed by atoms with Gasteiger partial charge in [0.05, 0.1) is 12.2 Å². The average Bonchev–Trinajstić information content (AvgIpc) is 3.11. The molecule has 1 aromatic heterocycles. The standard InChI is InChI=1S/C12H18N4O2/c1-14-11(17)7-15(2)12(18)10-5-8(13)6-16(10)9-3-4-9/h5-6,9H,3-4,7,13H2,1-2H3,(H,14,17). The van der Waals surface area contributed by atoms with Crippen LogP contribution in [0.1, 0.15) is 29.4 Å². The lowest BCUT2D eigenvalue weighted by molar-refractivity contribution is -0.121. The van der Waals surface area contributed by atoms with Crippen LogP contribution in [0, 0.1) is 0 Å². The lowest BCUT2D eigenvalue weighted by Gasteiger charge is -2.17. The molecule has 18 heavy (non-hydrogen) atoms. The molecule has 2 rings (SSSR count). The highest BCUT2D eigenvalue weighted by atomic mass is 16.2. The first-order chi connectivity index (χ1) is 8.52. The minimum absolute atomic E-state index is 0.0467. The van der Waals surface area contributed by atoms with E-state index in [1.165, 1.54) is 4.90 Å². The molecule has 0 saturated heterocycles. The zero-order valence-corrected chi connectivity index (χ0v) is 10.6. The van der Waals surface area contributed by atoms with E-state index in [1.54, 1.807) is 26.4 Å². The predicted octanol–water partition coefficient (Wildman–Crippen LogP) is 0.223. The van der Waals surface area contributed by atoms with Gasteiger partial charge in [0.15, 0.2) is 0 Å². The molecule has 0 atom stereocenters. The van der Waals surface area contributed by atoms with Crippen molar-refractivity contribution in [1.82, 2.24) is 14.8 Å². The van der Waals surface area contributed by atoms with Gasteiger partial charge in [-0.1, -0.05) is 0 Å². The van der Waals surface area contributed by atoms with Crippen molar-refractivity contribution in [2.75, 3.05) is 26.4 Å². The number of nitrogens with one attached hydrogen (secondary N) is 1. The molecule has 6 nitrogen and oxygen atoms in total. The van der Waals surface area contributed by atoms with E-state index in [0.29, 0.717) is 17.4 Å². The summed E-state index contributed by atoms with van der Waals surface area (Å²) in [7, 11) is 3.16. The van der Waals surface area contributed by atoms with Gasteiger partial charge < -0.3 is 20.5 Å². The van der Waals surface area contributed by atoms with Gasteiger partial charge in [0, 0.05) is 26.3 Å². The van der Waals surface area contributed by atoms with Crippen molar-refractivity contribution in [3.05, 3.63) is 18.0 Å². The Balaban J connectivity index is 2.15. The number of aromatic nitrogens is 1. The average molecular weight is 250 g/mol. The molecule has 2 amide bonds. The number of rotatable bonds is 4. The number of nitrogens with two attached hydrogens (primary N) is 1. The van der Waals surface area contributed by atoms with Crippen molar-refractivity contribution >= 4 is 17.5 Å². The molecule has 0 aromatic carbocycles. The fourth-order valence-corrected chi connectivity index (χ4v) is 1.89. The van der Waals surface area contributed by atoms with Crippen LogP contribution in [0.2, 0.25) is 0 Å². The quantitative estimate of drug-likeness (QED) is 0.802. The Morgan fingerprint density at radius 3 is 2.78 bits per heavy atom. The van der Waals surface area contributed by atoms with Crippen LogP contribution in [0.4, 0.5) is 5.69 Å². The molecular formula is C12H18N4O2. The summed E-state index contributed by atoms with van der Waals surface area (Å²) in [5.41, 5.74) is 6.88. The third-order valence-corrected chi connectivity index (χ3v) is 3.04. The van der Waals surface area contributed by atoms with Crippen LogP contribution in [-0.4, -0.2) is 41.9 Å². The van der Waals surface area contributed by atoms with Gasteiger partial charge in [0.2, 0.25) is 5.91 Å². The highest BCUT2D eigenvalue weighted by molar-refractivity contribution is 5.96. The van der Waals surface area contributed by atoms with Gasteiger partial charge >= 0.3 is 0 Å². The van der Waals surface area contributed by atoms with E-state index in [4.69, 9.17) is 5.73 Å². The van der Waals surface area contributed by atoms with Crippen molar-refractivity contribution in [1.29, 1.82) is 0 Å². The number of carbonyl (C=O) groups excluding carboxylic acids is 2. The molecule has 1 aromatic rings. The smallest absolute Gasteiger partial charge is 0.270 e. The van der Waals surface area contributed by atoms with E-state index in [1.807, 2.05) is 4.57 Å². The van der Waals surface area contributed by atoms with Gasteiger partial charge in [-0.15, -0.1) is 0 Å². The number of hydrogen-bond donors (Lipinski definition) is 2. The van der Waals surface area contributed by atoms with Crippen molar-refractivity contribution in [3.8, 4) is 0 Å².